The number of rotatable bonds is 4. The first kappa shape index (κ1) is 10.1. The molecule has 3 heteroatoms. The van der Waals surface area contributed by atoms with Crippen LogP contribution in [0, 0.1) is 11.3 Å². The fourth-order valence-corrected chi connectivity index (χ4v) is 1.59. The number of unbranched alkanes of at least 4 members (excludes halogenated alkanes) is 1. The van der Waals surface area contributed by atoms with Gasteiger partial charge < -0.3 is 0 Å². The van der Waals surface area contributed by atoms with Crippen molar-refractivity contribution in [2.45, 2.75) is 44.9 Å². The third kappa shape index (κ3) is 2.53. The van der Waals surface area contributed by atoms with E-state index in [0.29, 0.717) is 11.6 Å². The van der Waals surface area contributed by atoms with Gasteiger partial charge in [0.1, 0.15) is 17.6 Å². The fraction of sp³-hybridized carbons (Fsp3) is 0.583. The number of nitrogens with zero attached hydrogens (tertiary/aromatic N) is 3. The van der Waals surface area contributed by atoms with E-state index >= 15 is 0 Å². The van der Waals surface area contributed by atoms with E-state index in [4.69, 9.17) is 5.26 Å². The molecule has 0 bridgehead atoms. The molecule has 1 aliphatic carbocycles. The monoisotopic (exact) mass is 201 g/mol. The Bertz CT molecular complexity index is 388. The molecule has 1 saturated carbocycles. The zero-order chi connectivity index (χ0) is 10.7. The first-order valence-electron chi connectivity index (χ1n) is 5.61. The van der Waals surface area contributed by atoms with Gasteiger partial charge in [-0.3, -0.25) is 0 Å². The molecule has 1 aromatic rings. The third-order valence-corrected chi connectivity index (χ3v) is 2.64. The molecule has 0 amide bonds. The van der Waals surface area contributed by atoms with E-state index in [1.54, 1.807) is 0 Å². The summed E-state index contributed by atoms with van der Waals surface area (Å²) in [5, 5.41) is 8.87. The van der Waals surface area contributed by atoms with Crippen molar-refractivity contribution in [3.05, 3.63) is 23.3 Å². The molecule has 0 aliphatic heterocycles. The molecule has 1 heterocycles. The minimum absolute atomic E-state index is 0.526. The van der Waals surface area contributed by atoms with Crippen LogP contribution in [0.25, 0.3) is 0 Å². The average molecular weight is 201 g/mol. The lowest BCUT2D eigenvalue weighted by Gasteiger charge is -2.03. The minimum atomic E-state index is 0.526. The van der Waals surface area contributed by atoms with E-state index in [2.05, 4.69) is 23.0 Å². The van der Waals surface area contributed by atoms with Gasteiger partial charge >= 0.3 is 0 Å². The summed E-state index contributed by atoms with van der Waals surface area (Å²) < 4.78 is 0. The maximum Gasteiger partial charge on any atom is 0.144 e. The van der Waals surface area contributed by atoms with Crippen LogP contribution < -0.4 is 0 Å². The second kappa shape index (κ2) is 4.39. The molecule has 78 valence electrons. The topological polar surface area (TPSA) is 49.6 Å². The largest absolute Gasteiger partial charge is 0.238 e. The van der Waals surface area contributed by atoms with Crippen LogP contribution in [0.1, 0.15) is 55.7 Å². The molecule has 0 unspecified atom stereocenters. The van der Waals surface area contributed by atoms with Gasteiger partial charge in [0.2, 0.25) is 0 Å². The Labute approximate surface area is 90.2 Å². The normalized spacial score (nSPS) is 14.9. The third-order valence-electron chi connectivity index (χ3n) is 2.64. The van der Waals surface area contributed by atoms with Gasteiger partial charge in [-0.25, -0.2) is 9.97 Å². The van der Waals surface area contributed by atoms with Gasteiger partial charge in [0.05, 0.1) is 0 Å². The molecular formula is C12H15N3. The van der Waals surface area contributed by atoms with Gasteiger partial charge in [0, 0.05) is 11.6 Å². The highest BCUT2D eigenvalue weighted by Gasteiger charge is 2.27. The van der Waals surface area contributed by atoms with Crippen LogP contribution in [0.15, 0.2) is 6.07 Å². The highest BCUT2D eigenvalue weighted by molar-refractivity contribution is 5.25. The Balaban J connectivity index is 2.21. The lowest BCUT2D eigenvalue weighted by Crippen LogP contribution is -2.00. The van der Waals surface area contributed by atoms with E-state index < -0.39 is 0 Å². The van der Waals surface area contributed by atoms with Crippen molar-refractivity contribution >= 4 is 0 Å². The van der Waals surface area contributed by atoms with Crippen LogP contribution >= 0.6 is 0 Å². The molecule has 1 aromatic heterocycles. The molecule has 2 rings (SSSR count). The zero-order valence-corrected chi connectivity index (χ0v) is 9.03. The van der Waals surface area contributed by atoms with E-state index in [-0.39, 0.29) is 0 Å². The summed E-state index contributed by atoms with van der Waals surface area (Å²) in [7, 11) is 0. The zero-order valence-electron chi connectivity index (χ0n) is 9.03. The highest BCUT2D eigenvalue weighted by Crippen LogP contribution is 2.38. The summed E-state index contributed by atoms with van der Waals surface area (Å²) in [6, 6.07) is 3.94. The quantitative estimate of drug-likeness (QED) is 0.752. The SMILES string of the molecule is CCCCc1cc(C#N)nc(C2CC2)n1. The van der Waals surface area contributed by atoms with Crippen LogP contribution in [0.5, 0.6) is 0 Å². The molecule has 0 radical (unpaired) electrons. The number of aryl methyl sites for hydroxylation is 1. The number of aromatic nitrogens is 2. The summed E-state index contributed by atoms with van der Waals surface area (Å²) in [6.07, 6.45) is 5.62. The van der Waals surface area contributed by atoms with Crippen molar-refractivity contribution in [2.75, 3.05) is 0 Å². The standard InChI is InChI=1S/C12H15N3/c1-2-3-4-10-7-11(8-13)15-12(14-10)9-5-6-9/h7,9H,2-6H2,1H3. The fourth-order valence-electron chi connectivity index (χ4n) is 1.59. The predicted molar refractivity (Wildman–Crippen MR) is 57.3 cm³/mol. The smallest absolute Gasteiger partial charge is 0.144 e. The molecule has 15 heavy (non-hydrogen) atoms. The summed E-state index contributed by atoms with van der Waals surface area (Å²) in [6.45, 7) is 2.16. The van der Waals surface area contributed by atoms with Crippen LogP contribution in [0.2, 0.25) is 0 Å². The molecule has 0 aromatic carbocycles. The van der Waals surface area contributed by atoms with Crippen LogP contribution in [-0.2, 0) is 6.42 Å². The van der Waals surface area contributed by atoms with Crippen molar-refractivity contribution in [3.8, 4) is 6.07 Å². The molecule has 1 aliphatic rings. The van der Waals surface area contributed by atoms with Crippen LogP contribution in [-0.4, -0.2) is 9.97 Å². The van der Waals surface area contributed by atoms with Crippen molar-refractivity contribution < 1.29 is 0 Å². The lowest BCUT2D eigenvalue weighted by molar-refractivity contribution is 0.758. The highest BCUT2D eigenvalue weighted by atomic mass is 14.9. The maximum atomic E-state index is 8.87. The lowest BCUT2D eigenvalue weighted by atomic mass is 10.2. The molecule has 0 N–H and O–H groups in total. The van der Waals surface area contributed by atoms with Gasteiger partial charge in [-0.15, -0.1) is 0 Å². The van der Waals surface area contributed by atoms with Crippen molar-refractivity contribution in [2.24, 2.45) is 0 Å². The summed E-state index contributed by atoms with van der Waals surface area (Å²) in [5.74, 6) is 1.42. The van der Waals surface area contributed by atoms with Gasteiger partial charge in [-0.1, -0.05) is 13.3 Å². The van der Waals surface area contributed by atoms with Crippen LogP contribution in [0.3, 0.4) is 0 Å². The molecule has 0 saturated heterocycles. The van der Waals surface area contributed by atoms with E-state index in [0.717, 1.165) is 30.8 Å². The van der Waals surface area contributed by atoms with Gasteiger partial charge in [0.15, 0.2) is 0 Å². The van der Waals surface area contributed by atoms with E-state index in [9.17, 15) is 0 Å². The van der Waals surface area contributed by atoms with Crippen molar-refractivity contribution in [1.29, 1.82) is 5.26 Å². The maximum absolute atomic E-state index is 8.87. The minimum Gasteiger partial charge on any atom is -0.238 e. The first-order valence-corrected chi connectivity index (χ1v) is 5.61. The molecular weight excluding hydrogens is 186 g/mol. The molecule has 0 atom stereocenters. The first-order chi connectivity index (χ1) is 7.33. The summed E-state index contributed by atoms with van der Waals surface area (Å²) in [5.41, 5.74) is 1.56. The van der Waals surface area contributed by atoms with Crippen molar-refractivity contribution in [3.63, 3.8) is 0 Å². The predicted octanol–water partition coefficient (Wildman–Crippen LogP) is 2.57. The Morgan fingerprint density at radius 3 is 2.87 bits per heavy atom. The molecule has 1 fully saturated rings. The van der Waals surface area contributed by atoms with Crippen LogP contribution in [0.4, 0.5) is 0 Å². The number of hydrogen-bond donors (Lipinski definition) is 0. The average Bonchev–Trinajstić information content (AvgIpc) is 3.09. The van der Waals surface area contributed by atoms with Crippen molar-refractivity contribution in [1.82, 2.24) is 9.97 Å². The summed E-state index contributed by atoms with van der Waals surface area (Å²) in [4.78, 5) is 8.77. The molecule has 3 nitrogen and oxygen atoms in total. The second-order valence-electron chi connectivity index (χ2n) is 4.09. The second-order valence-corrected chi connectivity index (χ2v) is 4.09. The van der Waals surface area contributed by atoms with E-state index in [1.165, 1.54) is 12.8 Å². The van der Waals surface area contributed by atoms with E-state index in [1.807, 2.05) is 6.07 Å². The Morgan fingerprint density at radius 1 is 1.47 bits per heavy atom. The van der Waals surface area contributed by atoms with Gasteiger partial charge in [-0.05, 0) is 31.7 Å². The molecule has 0 spiro atoms. The van der Waals surface area contributed by atoms with Gasteiger partial charge in [-0.2, -0.15) is 5.26 Å². The Kier molecular flexibility index (Phi) is 2.96. The Morgan fingerprint density at radius 2 is 2.27 bits per heavy atom. The summed E-state index contributed by atoms with van der Waals surface area (Å²) >= 11 is 0. The Hall–Kier alpha value is -1.43. The number of nitriles is 1. The number of hydrogen-bond acceptors (Lipinski definition) is 3. The van der Waals surface area contributed by atoms with Gasteiger partial charge in [0.25, 0.3) is 0 Å².